The van der Waals surface area contributed by atoms with E-state index in [-0.39, 0.29) is 0 Å². The minimum Gasteiger partial charge on any atom is -0.493 e. The summed E-state index contributed by atoms with van der Waals surface area (Å²) in [6, 6.07) is 14.6. The second kappa shape index (κ2) is 8.90. The lowest BCUT2D eigenvalue weighted by molar-refractivity contribution is 0.340. The zero-order valence-corrected chi connectivity index (χ0v) is 17.6. The number of thioether (sulfide) groups is 1. The van der Waals surface area contributed by atoms with E-state index in [1.807, 2.05) is 37.3 Å². The van der Waals surface area contributed by atoms with Crippen molar-refractivity contribution < 1.29 is 13.7 Å². The van der Waals surface area contributed by atoms with Crippen molar-refractivity contribution in [1.82, 2.24) is 15.4 Å². The number of hydrogen-bond acceptors (Lipinski definition) is 7. The van der Waals surface area contributed by atoms with Crippen LogP contribution in [-0.2, 0) is 5.75 Å². The number of hydrogen-bond donors (Lipinski definition) is 0. The second-order valence-corrected chi connectivity index (χ2v) is 7.66. The monoisotopic (exact) mass is 447 g/mol. The molecule has 0 unspecified atom stereocenters. The fourth-order valence-corrected chi connectivity index (χ4v) is 3.78. The van der Waals surface area contributed by atoms with Gasteiger partial charge in [-0.3, -0.25) is 0 Å². The van der Waals surface area contributed by atoms with Crippen molar-refractivity contribution in [2.45, 2.75) is 17.9 Å². The molecule has 0 bridgehead atoms. The third-order valence-corrected chi connectivity index (χ3v) is 5.32. The highest BCUT2D eigenvalue weighted by molar-refractivity contribution is 7.98. The van der Waals surface area contributed by atoms with E-state index in [1.165, 1.54) is 11.8 Å². The zero-order chi connectivity index (χ0) is 20.2. The van der Waals surface area contributed by atoms with Crippen LogP contribution in [0.15, 0.2) is 62.7 Å². The van der Waals surface area contributed by atoms with Crippen LogP contribution in [0.4, 0.5) is 0 Å². The molecule has 0 radical (unpaired) electrons. The first kappa shape index (κ1) is 19.8. The molecule has 4 aromatic rings. The first-order valence-corrected chi connectivity index (χ1v) is 10.5. The number of halogens is 2. The van der Waals surface area contributed by atoms with Crippen LogP contribution in [0.3, 0.4) is 0 Å². The predicted molar refractivity (Wildman–Crippen MR) is 112 cm³/mol. The summed E-state index contributed by atoms with van der Waals surface area (Å²) in [5, 5.41) is 13.8. The van der Waals surface area contributed by atoms with Crippen molar-refractivity contribution in [2.75, 3.05) is 6.61 Å². The van der Waals surface area contributed by atoms with Crippen LogP contribution in [0.5, 0.6) is 5.75 Å². The summed E-state index contributed by atoms with van der Waals surface area (Å²) >= 11 is 13.5. The predicted octanol–water partition coefficient (Wildman–Crippen LogP) is 6.39. The van der Waals surface area contributed by atoms with Gasteiger partial charge in [0.15, 0.2) is 0 Å². The lowest BCUT2D eigenvalue weighted by atomic mass is 10.1. The van der Waals surface area contributed by atoms with Crippen molar-refractivity contribution >= 4 is 35.0 Å². The molecule has 0 spiro atoms. The number of para-hydroxylation sites is 1. The molecule has 148 valence electrons. The Kier molecular flexibility index (Phi) is 6.08. The molecule has 9 heteroatoms. The van der Waals surface area contributed by atoms with E-state index < -0.39 is 0 Å². The molecule has 0 saturated heterocycles. The molecule has 29 heavy (non-hydrogen) atoms. The summed E-state index contributed by atoms with van der Waals surface area (Å²) in [6.07, 6.45) is 0. The Hall–Kier alpha value is -2.48. The summed E-state index contributed by atoms with van der Waals surface area (Å²) in [5.41, 5.74) is 2.15. The van der Waals surface area contributed by atoms with Crippen LogP contribution in [0.1, 0.15) is 12.7 Å². The highest BCUT2D eigenvalue weighted by Gasteiger charge is 2.15. The van der Waals surface area contributed by atoms with Crippen LogP contribution >= 0.6 is 35.0 Å². The standard InChI is InChI=1S/C20H15Cl2N3O3S/c1-2-26-18-6-4-3-5-15(18)19-23-24-20(27-19)29-11-13-10-17(25-28-13)14-8-7-12(21)9-16(14)22/h3-10H,2,11H2,1H3. The molecule has 2 heterocycles. The van der Waals surface area contributed by atoms with Gasteiger partial charge in [-0.15, -0.1) is 10.2 Å². The Labute approximate surface area is 181 Å². The SMILES string of the molecule is CCOc1ccccc1-c1nnc(SCc2cc(-c3ccc(Cl)cc3Cl)no2)o1. The van der Waals surface area contributed by atoms with Gasteiger partial charge < -0.3 is 13.7 Å². The second-order valence-electron chi connectivity index (χ2n) is 5.89. The highest BCUT2D eigenvalue weighted by Crippen LogP contribution is 2.33. The lowest BCUT2D eigenvalue weighted by Gasteiger charge is -2.05. The van der Waals surface area contributed by atoms with Gasteiger partial charge in [0.25, 0.3) is 11.1 Å². The van der Waals surface area contributed by atoms with Gasteiger partial charge in [-0.05, 0) is 37.3 Å². The molecule has 0 amide bonds. The maximum Gasteiger partial charge on any atom is 0.277 e. The molecular weight excluding hydrogens is 433 g/mol. The molecule has 2 aromatic carbocycles. The van der Waals surface area contributed by atoms with E-state index in [0.29, 0.717) is 50.7 Å². The summed E-state index contributed by atoms with van der Waals surface area (Å²) < 4.78 is 16.8. The zero-order valence-electron chi connectivity index (χ0n) is 15.3. The fraction of sp³-hybridized carbons (Fsp3) is 0.150. The molecule has 0 saturated carbocycles. The molecule has 0 aliphatic heterocycles. The number of rotatable bonds is 7. The van der Waals surface area contributed by atoms with Gasteiger partial charge in [-0.2, -0.15) is 0 Å². The van der Waals surface area contributed by atoms with Crippen molar-refractivity contribution in [1.29, 1.82) is 0 Å². The first-order valence-electron chi connectivity index (χ1n) is 8.73. The number of nitrogens with zero attached hydrogens (tertiary/aromatic N) is 3. The van der Waals surface area contributed by atoms with Crippen molar-refractivity contribution in [3.8, 4) is 28.5 Å². The summed E-state index contributed by atoms with van der Waals surface area (Å²) in [6.45, 7) is 2.48. The summed E-state index contributed by atoms with van der Waals surface area (Å²) in [5.74, 6) is 2.25. The van der Waals surface area contributed by atoms with Crippen LogP contribution in [0.2, 0.25) is 10.0 Å². The molecule has 0 fully saturated rings. The van der Waals surface area contributed by atoms with Crippen LogP contribution < -0.4 is 4.74 Å². The molecule has 0 N–H and O–H groups in total. The molecule has 0 aliphatic rings. The highest BCUT2D eigenvalue weighted by atomic mass is 35.5. The van der Waals surface area contributed by atoms with Crippen molar-refractivity contribution in [2.24, 2.45) is 0 Å². The van der Waals surface area contributed by atoms with Crippen LogP contribution in [0, 0.1) is 0 Å². The van der Waals surface area contributed by atoms with Gasteiger partial charge in [0.05, 0.1) is 22.9 Å². The number of benzene rings is 2. The third-order valence-electron chi connectivity index (χ3n) is 3.93. The molecule has 0 aliphatic carbocycles. The average molecular weight is 448 g/mol. The van der Waals surface area contributed by atoms with Crippen LogP contribution in [0.25, 0.3) is 22.7 Å². The van der Waals surface area contributed by atoms with E-state index in [2.05, 4.69) is 15.4 Å². The number of ether oxygens (including phenoxy) is 1. The Bertz CT molecular complexity index is 1130. The van der Waals surface area contributed by atoms with Gasteiger partial charge in [0.2, 0.25) is 0 Å². The van der Waals surface area contributed by atoms with Gasteiger partial charge in [-0.25, -0.2) is 0 Å². The Balaban J connectivity index is 1.45. The van der Waals surface area contributed by atoms with Gasteiger partial charge in [0.1, 0.15) is 17.2 Å². The third kappa shape index (κ3) is 4.58. The van der Waals surface area contributed by atoms with E-state index in [1.54, 1.807) is 18.2 Å². The quantitative estimate of drug-likeness (QED) is 0.303. The number of aromatic nitrogens is 3. The topological polar surface area (TPSA) is 74.2 Å². The summed E-state index contributed by atoms with van der Waals surface area (Å²) in [4.78, 5) is 0. The molecule has 6 nitrogen and oxygen atoms in total. The Morgan fingerprint density at radius 3 is 2.72 bits per heavy atom. The van der Waals surface area contributed by atoms with Crippen molar-refractivity contribution in [3.63, 3.8) is 0 Å². The normalized spacial score (nSPS) is 11.0. The molecular formula is C20H15Cl2N3O3S. The smallest absolute Gasteiger partial charge is 0.277 e. The minimum absolute atomic E-state index is 0.405. The lowest BCUT2D eigenvalue weighted by Crippen LogP contribution is -1.93. The maximum absolute atomic E-state index is 6.23. The van der Waals surface area contributed by atoms with Crippen LogP contribution in [-0.4, -0.2) is 22.0 Å². The van der Waals surface area contributed by atoms with E-state index >= 15 is 0 Å². The van der Waals surface area contributed by atoms with E-state index in [4.69, 9.17) is 36.9 Å². The Morgan fingerprint density at radius 1 is 1.03 bits per heavy atom. The minimum atomic E-state index is 0.405. The van der Waals surface area contributed by atoms with E-state index in [0.717, 1.165) is 11.1 Å². The van der Waals surface area contributed by atoms with Gasteiger partial charge in [-0.1, -0.05) is 52.3 Å². The van der Waals surface area contributed by atoms with Gasteiger partial charge >= 0.3 is 0 Å². The molecule has 4 rings (SSSR count). The molecule has 0 atom stereocenters. The van der Waals surface area contributed by atoms with Crippen molar-refractivity contribution in [3.05, 3.63) is 64.3 Å². The maximum atomic E-state index is 6.23. The Morgan fingerprint density at radius 2 is 1.90 bits per heavy atom. The molecule has 2 aromatic heterocycles. The largest absolute Gasteiger partial charge is 0.493 e. The summed E-state index contributed by atoms with van der Waals surface area (Å²) in [7, 11) is 0. The first-order chi connectivity index (χ1) is 14.1. The fourth-order valence-electron chi connectivity index (χ4n) is 2.64. The average Bonchev–Trinajstić information content (AvgIpc) is 3.37. The van der Waals surface area contributed by atoms with E-state index in [9.17, 15) is 0 Å². The van der Waals surface area contributed by atoms with Gasteiger partial charge in [0, 0.05) is 16.7 Å².